The Hall–Kier alpha value is -3.14. The first kappa shape index (κ1) is 17.5. The molecule has 0 aliphatic carbocycles. The van der Waals surface area contributed by atoms with Crippen LogP contribution in [0.25, 0.3) is 43.7 Å². The van der Waals surface area contributed by atoms with E-state index in [1.54, 1.807) is 0 Å². The molecule has 0 atom stereocenters. The van der Waals surface area contributed by atoms with Crippen LogP contribution < -0.4 is 0 Å². The first-order valence-corrected chi connectivity index (χ1v) is 12.0. The van der Waals surface area contributed by atoms with Gasteiger partial charge in [-0.2, -0.15) is 0 Å². The van der Waals surface area contributed by atoms with Crippen LogP contribution in [0.3, 0.4) is 0 Å². The van der Waals surface area contributed by atoms with Crippen LogP contribution in [0.2, 0.25) is 0 Å². The van der Waals surface area contributed by atoms with Gasteiger partial charge in [-0.3, -0.25) is 0 Å². The highest BCUT2D eigenvalue weighted by Crippen LogP contribution is 2.49. The average molecular weight is 432 g/mol. The van der Waals surface area contributed by atoms with Gasteiger partial charge in [0.1, 0.15) is 0 Å². The van der Waals surface area contributed by atoms with Gasteiger partial charge in [0.2, 0.25) is 0 Å². The van der Waals surface area contributed by atoms with Crippen molar-refractivity contribution in [3.63, 3.8) is 0 Å². The Morgan fingerprint density at radius 3 is 2.06 bits per heavy atom. The molecule has 1 N–H and O–H groups in total. The van der Waals surface area contributed by atoms with Crippen LogP contribution in [0.15, 0.2) is 117 Å². The van der Waals surface area contributed by atoms with Crippen LogP contribution in [0, 0.1) is 0 Å². The molecule has 1 aliphatic heterocycles. The van der Waals surface area contributed by atoms with Crippen LogP contribution in [0.5, 0.6) is 0 Å². The van der Waals surface area contributed by atoms with Crippen molar-refractivity contribution >= 4 is 56.1 Å². The summed E-state index contributed by atoms with van der Waals surface area (Å²) in [5.74, 6) is 0. The van der Waals surface area contributed by atoms with Gasteiger partial charge in [0.25, 0.3) is 0 Å². The van der Waals surface area contributed by atoms with Crippen LogP contribution in [0.1, 0.15) is 0 Å². The van der Waals surface area contributed by atoms with Crippen molar-refractivity contribution in [2.75, 3.05) is 0 Å². The molecule has 0 bridgehead atoms. The second-order valence-electron chi connectivity index (χ2n) is 7.91. The molecule has 1 aromatic heterocycles. The molecule has 6 aromatic rings. The van der Waals surface area contributed by atoms with E-state index in [-0.39, 0.29) is 0 Å². The van der Waals surface area contributed by atoms with Crippen molar-refractivity contribution < 1.29 is 0 Å². The third kappa shape index (κ3) is 2.74. The molecule has 146 valence electrons. The first-order chi connectivity index (χ1) is 15.3. The maximum absolute atomic E-state index is 3.60. The topological polar surface area (TPSA) is 15.8 Å². The Balaban J connectivity index is 1.40. The number of aromatic amines is 1. The fourth-order valence-corrected chi connectivity index (χ4v) is 6.81. The van der Waals surface area contributed by atoms with Gasteiger partial charge in [-0.1, -0.05) is 78.1 Å². The van der Waals surface area contributed by atoms with E-state index in [9.17, 15) is 0 Å². The molecular weight excluding hydrogens is 414 g/mol. The Morgan fingerprint density at radius 2 is 1.16 bits per heavy atom. The smallest absolute Gasteiger partial charge is 0.0471 e. The molecule has 0 unspecified atom stereocenters. The maximum Gasteiger partial charge on any atom is 0.0471 e. The third-order valence-electron chi connectivity index (χ3n) is 6.05. The molecule has 1 aliphatic rings. The van der Waals surface area contributed by atoms with E-state index >= 15 is 0 Å². The monoisotopic (exact) mass is 431 g/mol. The van der Waals surface area contributed by atoms with Gasteiger partial charge in [-0.15, -0.1) is 0 Å². The summed E-state index contributed by atoms with van der Waals surface area (Å²) in [6.45, 7) is 0. The summed E-state index contributed by atoms with van der Waals surface area (Å²) in [7, 11) is 0. The Bertz CT molecular complexity index is 1640. The lowest BCUT2D eigenvalue weighted by Crippen LogP contribution is -1.90. The van der Waals surface area contributed by atoms with Gasteiger partial charge in [0, 0.05) is 41.4 Å². The number of nitrogens with one attached hydrogen (secondary N) is 1. The molecule has 0 saturated carbocycles. The normalized spacial score (nSPS) is 12.9. The zero-order valence-corrected chi connectivity index (χ0v) is 18.2. The molecule has 7 rings (SSSR count). The minimum absolute atomic E-state index is 1.19. The largest absolute Gasteiger partial charge is 0.354 e. The predicted octanol–water partition coefficient (Wildman–Crippen LogP) is 8.76. The molecule has 5 aromatic carbocycles. The summed E-state index contributed by atoms with van der Waals surface area (Å²) in [5, 5.41) is 5.18. The van der Waals surface area contributed by atoms with Crippen molar-refractivity contribution in [3.05, 3.63) is 97.1 Å². The summed E-state index contributed by atoms with van der Waals surface area (Å²) < 4.78 is 0. The molecule has 0 spiro atoms. The molecular formula is C28H17NS2. The number of benzene rings is 5. The second-order valence-corrected chi connectivity index (χ2v) is 10.1. The van der Waals surface area contributed by atoms with E-state index in [0.29, 0.717) is 0 Å². The summed E-state index contributed by atoms with van der Waals surface area (Å²) >= 11 is 3.74. The van der Waals surface area contributed by atoms with Crippen molar-refractivity contribution in [1.29, 1.82) is 0 Å². The Kier molecular flexibility index (Phi) is 3.78. The molecule has 0 radical (unpaired) electrons. The third-order valence-corrected chi connectivity index (χ3v) is 8.60. The minimum Gasteiger partial charge on any atom is -0.354 e. The standard InChI is InChI=1S/C28H17NS2/c1-2-6-20-17(5-1)9-13-23-28(20)21-15-18(10-12-22(21)29-23)19-11-14-26-27(16-19)31-25-8-4-3-7-24(25)30-26/h1-16,29H. The van der Waals surface area contributed by atoms with E-state index in [2.05, 4.69) is 102 Å². The van der Waals surface area contributed by atoms with Gasteiger partial charge in [-0.25, -0.2) is 0 Å². The van der Waals surface area contributed by atoms with Gasteiger partial charge in [0.05, 0.1) is 0 Å². The molecule has 0 saturated heterocycles. The van der Waals surface area contributed by atoms with Crippen molar-refractivity contribution in [2.45, 2.75) is 19.6 Å². The zero-order chi connectivity index (χ0) is 20.4. The highest BCUT2D eigenvalue weighted by molar-refractivity contribution is 8.05. The van der Waals surface area contributed by atoms with E-state index in [4.69, 9.17) is 0 Å². The fourth-order valence-electron chi connectivity index (χ4n) is 4.56. The van der Waals surface area contributed by atoms with Crippen molar-refractivity contribution in [3.8, 4) is 11.1 Å². The number of H-pyrrole nitrogens is 1. The van der Waals surface area contributed by atoms with Crippen LogP contribution >= 0.6 is 23.5 Å². The molecule has 3 heteroatoms. The van der Waals surface area contributed by atoms with E-state index < -0.39 is 0 Å². The summed E-state index contributed by atoms with van der Waals surface area (Å²) in [6.07, 6.45) is 0. The minimum atomic E-state index is 1.19. The van der Waals surface area contributed by atoms with E-state index in [1.807, 2.05) is 23.5 Å². The van der Waals surface area contributed by atoms with Crippen molar-refractivity contribution in [1.82, 2.24) is 4.98 Å². The summed E-state index contributed by atoms with van der Waals surface area (Å²) in [4.78, 5) is 8.97. The van der Waals surface area contributed by atoms with Crippen LogP contribution in [-0.4, -0.2) is 4.98 Å². The SMILES string of the molecule is c1ccc2c(c1)Sc1ccc(-c3ccc4[nH]c5ccc6ccccc6c5c4c3)cc1S2. The molecule has 2 heterocycles. The number of fused-ring (bicyclic) bond motifs is 7. The van der Waals surface area contributed by atoms with Gasteiger partial charge >= 0.3 is 0 Å². The molecule has 31 heavy (non-hydrogen) atoms. The van der Waals surface area contributed by atoms with Gasteiger partial charge < -0.3 is 4.98 Å². The fraction of sp³-hybridized carbons (Fsp3) is 0. The quantitative estimate of drug-likeness (QED) is 0.279. The van der Waals surface area contributed by atoms with Crippen molar-refractivity contribution in [2.24, 2.45) is 0 Å². The van der Waals surface area contributed by atoms with Crippen LogP contribution in [0.4, 0.5) is 0 Å². The maximum atomic E-state index is 3.60. The lowest BCUT2D eigenvalue weighted by atomic mass is 10.00. The van der Waals surface area contributed by atoms with Crippen LogP contribution in [-0.2, 0) is 0 Å². The highest BCUT2D eigenvalue weighted by Gasteiger charge is 2.17. The van der Waals surface area contributed by atoms with Gasteiger partial charge in [0.15, 0.2) is 0 Å². The second kappa shape index (κ2) is 6.68. The number of hydrogen-bond acceptors (Lipinski definition) is 2. The number of rotatable bonds is 1. The average Bonchev–Trinajstić information content (AvgIpc) is 3.21. The summed E-state index contributed by atoms with van der Waals surface area (Å²) in [6, 6.07) is 35.4. The lowest BCUT2D eigenvalue weighted by Gasteiger charge is -2.18. The number of aromatic nitrogens is 1. The number of hydrogen-bond donors (Lipinski definition) is 1. The lowest BCUT2D eigenvalue weighted by molar-refractivity contribution is 1.16. The highest BCUT2D eigenvalue weighted by atomic mass is 32.2. The van der Waals surface area contributed by atoms with E-state index in [0.717, 1.165) is 0 Å². The van der Waals surface area contributed by atoms with E-state index in [1.165, 1.54) is 63.3 Å². The summed E-state index contributed by atoms with van der Waals surface area (Å²) in [5.41, 5.74) is 4.91. The zero-order valence-electron chi connectivity index (χ0n) is 16.6. The predicted molar refractivity (Wildman–Crippen MR) is 133 cm³/mol. The molecule has 0 amide bonds. The molecule has 0 fully saturated rings. The molecule has 1 nitrogen and oxygen atoms in total. The first-order valence-electron chi connectivity index (χ1n) is 10.4. The Morgan fingerprint density at radius 1 is 0.484 bits per heavy atom. The Labute approximate surface area is 188 Å². The van der Waals surface area contributed by atoms with Gasteiger partial charge in [-0.05, 0) is 64.4 Å².